The highest BCUT2D eigenvalue weighted by atomic mass is 32.2. The molecule has 5 nitrogen and oxygen atoms in total. The highest BCUT2D eigenvalue weighted by Gasteiger charge is 2.28. The van der Waals surface area contributed by atoms with E-state index in [9.17, 15) is 9.59 Å². The normalized spacial score (nSPS) is 16.3. The number of hydrogen-bond acceptors (Lipinski definition) is 4. The van der Waals surface area contributed by atoms with Crippen LogP contribution in [0.2, 0.25) is 0 Å². The third-order valence-electron chi connectivity index (χ3n) is 3.65. The third kappa shape index (κ3) is 2.74. The number of thioether (sulfide) groups is 1. The molecule has 114 valence electrons. The average Bonchev–Trinajstić information content (AvgIpc) is 3.08. The molecule has 0 saturated heterocycles. The number of amides is 1. The zero-order valence-electron chi connectivity index (χ0n) is 12.0. The highest BCUT2D eigenvalue weighted by Crippen LogP contribution is 2.39. The molecule has 0 spiro atoms. The Balaban J connectivity index is 1.66. The molecule has 1 atom stereocenters. The van der Waals surface area contributed by atoms with E-state index in [2.05, 4.69) is 5.32 Å². The number of carbonyl (C=O) groups excluding carboxylic acids is 1. The van der Waals surface area contributed by atoms with Gasteiger partial charge in [-0.1, -0.05) is 18.2 Å². The Morgan fingerprint density at radius 1 is 1.41 bits per heavy atom. The van der Waals surface area contributed by atoms with Crippen molar-refractivity contribution in [2.75, 3.05) is 5.75 Å². The predicted molar refractivity (Wildman–Crippen MR) is 82.2 cm³/mol. The standard InChI is InChI=1S/C16H15NO4S/c1-9-12(16(19)20)6-10(21-9)7-17-15(18)13-8-22-14-5-3-2-4-11(13)14/h2-6,13H,7-8H2,1H3,(H,17,18)(H,19,20)/t13-/m0/s1. The van der Waals surface area contributed by atoms with Crippen LogP contribution >= 0.6 is 11.8 Å². The molecule has 1 aliphatic heterocycles. The first-order valence-electron chi connectivity index (χ1n) is 6.88. The van der Waals surface area contributed by atoms with Gasteiger partial charge in [-0.05, 0) is 24.6 Å². The molecule has 0 fully saturated rings. The van der Waals surface area contributed by atoms with Crippen LogP contribution in [0.1, 0.15) is 33.4 Å². The number of nitrogens with one attached hydrogen (secondary N) is 1. The van der Waals surface area contributed by atoms with Crippen LogP contribution in [0, 0.1) is 6.92 Å². The molecule has 22 heavy (non-hydrogen) atoms. The molecule has 1 aliphatic rings. The monoisotopic (exact) mass is 317 g/mol. The zero-order valence-corrected chi connectivity index (χ0v) is 12.8. The van der Waals surface area contributed by atoms with Gasteiger partial charge in [-0.2, -0.15) is 0 Å². The quantitative estimate of drug-likeness (QED) is 0.906. The first-order valence-corrected chi connectivity index (χ1v) is 7.87. The Hall–Kier alpha value is -2.21. The Morgan fingerprint density at radius 3 is 2.91 bits per heavy atom. The van der Waals surface area contributed by atoms with Crippen LogP contribution in [0.15, 0.2) is 39.6 Å². The number of furan rings is 1. The van der Waals surface area contributed by atoms with Crippen LogP contribution in [0.3, 0.4) is 0 Å². The molecule has 0 aliphatic carbocycles. The SMILES string of the molecule is Cc1oc(CNC(=O)[C@H]2CSc3ccccc32)cc1C(=O)O. The number of carboxylic acids is 1. The van der Waals surface area contributed by atoms with E-state index in [0.717, 1.165) is 16.2 Å². The van der Waals surface area contributed by atoms with Gasteiger partial charge >= 0.3 is 5.97 Å². The average molecular weight is 317 g/mol. The Morgan fingerprint density at radius 2 is 2.18 bits per heavy atom. The summed E-state index contributed by atoms with van der Waals surface area (Å²) < 4.78 is 5.36. The lowest BCUT2D eigenvalue weighted by Crippen LogP contribution is -2.28. The number of carboxylic acid groups (broad SMARTS) is 1. The Labute approximate surface area is 131 Å². The van der Waals surface area contributed by atoms with E-state index in [-0.39, 0.29) is 23.9 Å². The predicted octanol–water partition coefficient (Wildman–Crippen LogP) is 2.79. The Kier molecular flexibility index (Phi) is 3.94. The Bertz CT molecular complexity index is 737. The van der Waals surface area contributed by atoms with Gasteiger partial charge in [0.25, 0.3) is 0 Å². The van der Waals surface area contributed by atoms with E-state index in [1.165, 1.54) is 6.07 Å². The van der Waals surface area contributed by atoms with Crippen molar-refractivity contribution in [1.29, 1.82) is 0 Å². The first kappa shape index (κ1) is 14.7. The van der Waals surface area contributed by atoms with Gasteiger partial charge in [-0.15, -0.1) is 11.8 Å². The minimum Gasteiger partial charge on any atom is -0.478 e. The van der Waals surface area contributed by atoms with Crippen molar-refractivity contribution < 1.29 is 19.1 Å². The lowest BCUT2D eigenvalue weighted by atomic mass is 10.0. The maximum Gasteiger partial charge on any atom is 0.339 e. The minimum atomic E-state index is -1.03. The summed E-state index contributed by atoms with van der Waals surface area (Å²) in [7, 11) is 0. The first-order chi connectivity index (χ1) is 10.6. The zero-order chi connectivity index (χ0) is 15.7. The highest BCUT2D eigenvalue weighted by molar-refractivity contribution is 7.99. The van der Waals surface area contributed by atoms with Crippen molar-refractivity contribution in [2.24, 2.45) is 0 Å². The fourth-order valence-electron chi connectivity index (χ4n) is 2.52. The number of aromatic carboxylic acids is 1. The molecule has 3 rings (SSSR count). The van der Waals surface area contributed by atoms with E-state index in [1.807, 2.05) is 24.3 Å². The molecule has 0 radical (unpaired) electrons. The van der Waals surface area contributed by atoms with Crippen LogP contribution in [0.5, 0.6) is 0 Å². The second-order valence-electron chi connectivity index (χ2n) is 5.11. The molecule has 1 amide bonds. The van der Waals surface area contributed by atoms with E-state index >= 15 is 0 Å². The minimum absolute atomic E-state index is 0.0663. The van der Waals surface area contributed by atoms with Gasteiger partial charge < -0.3 is 14.8 Å². The lowest BCUT2D eigenvalue weighted by molar-refractivity contribution is -0.122. The van der Waals surface area contributed by atoms with E-state index in [4.69, 9.17) is 9.52 Å². The fraction of sp³-hybridized carbons (Fsp3) is 0.250. The van der Waals surface area contributed by atoms with Crippen LogP contribution in [-0.2, 0) is 11.3 Å². The molecular formula is C16H15NO4S. The van der Waals surface area contributed by atoms with Crippen molar-refractivity contribution in [3.8, 4) is 0 Å². The summed E-state index contributed by atoms with van der Waals surface area (Å²) >= 11 is 1.67. The molecule has 2 N–H and O–H groups in total. The number of fused-ring (bicyclic) bond motifs is 1. The molecule has 2 heterocycles. The molecule has 6 heteroatoms. The fourth-order valence-corrected chi connectivity index (χ4v) is 3.75. The van der Waals surface area contributed by atoms with E-state index in [1.54, 1.807) is 18.7 Å². The van der Waals surface area contributed by atoms with Crippen molar-refractivity contribution in [1.82, 2.24) is 5.32 Å². The number of carbonyl (C=O) groups is 2. The number of rotatable bonds is 4. The van der Waals surface area contributed by atoms with Gasteiger partial charge in [0.1, 0.15) is 17.1 Å². The number of aryl methyl sites for hydroxylation is 1. The largest absolute Gasteiger partial charge is 0.478 e. The maximum absolute atomic E-state index is 12.3. The van der Waals surface area contributed by atoms with Crippen LogP contribution in [0.25, 0.3) is 0 Å². The van der Waals surface area contributed by atoms with Gasteiger partial charge in [-0.3, -0.25) is 4.79 Å². The molecule has 1 aromatic heterocycles. The molecule has 0 unspecified atom stereocenters. The summed E-state index contributed by atoms with van der Waals surface area (Å²) in [6.45, 7) is 1.79. The van der Waals surface area contributed by atoms with Crippen LogP contribution in [-0.4, -0.2) is 22.7 Å². The smallest absolute Gasteiger partial charge is 0.339 e. The van der Waals surface area contributed by atoms with Crippen molar-refractivity contribution in [2.45, 2.75) is 24.3 Å². The molecular weight excluding hydrogens is 302 g/mol. The third-order valence-corrected chi connectivity index (χ3v) is 4.84. The van der Waals surface area contributed by atoms with E-state index < -0.39 is 5.97 Å². The summed E-state index contributed by atoms with van der Waals surface area (Å²) in [5.74, 6) is 0.253. The van der Waals surface area contributed by atoms with Gasteiger partial charge in [0.2, 0.25) is 5.91 Å². The number of hydrogen-bond donors (Lipinski definition) is 2. The van der Waals surface area contributed by atoms with Gasteiger partial charge in [0.05, 0.1) is 12.5 Å². The maximum atomic E-state index is 12.3. The molecule has 2 aromatic rings. The van der Waals surface area contributed by atoms with Gasteiger partial charge in [0, 0.05) is 10.6 Å². The van der Waals surface area contributed by atoms with Crippen molar-refractivity contribution in [3.63, 3.8) is 0 Å². The van der Waals surface area contributed by atoms with Crippen LogP contribution < -0.4 is 5.32 Å². The second-order valence-corrected chi connectivity index (χ2v) is 6.17. The summed E-state index contributed by atoms with van der Waals surface area (Å²) in [5.41, 5.74) is 1.18. The summed E-state index contributed by atoms with van der Waals surface area (Å²) in [4.78, 5) is 24.4. The summed E-state index contributed by atoms with van der Waals surface area (Å²) in [6.07, 6.45) is 0. The second kappa shape index (κ2) is 5.88. The van der Waals surface area contributed by atoms with Crippen molar-refractivity contribution >= 4 is 23.6 Å². The molecule has 1 aromatic carbocycles. The summed E-state index contributed by atoms with van der Waals surface area (Å²) in [5, 5.41) is 11.8. The lowest BCUT2D eigenvalue weighted by Gasteiger charge is -2.10. The molecule has 0 saturated carbocycles. The molecule has 0 bridgehead atoms. The van der Waals surface area contributed by atoms with E-state index in [0.29, 0.717) is 11.5 Å². The van der Waals surface area contributed by atoms with Gasteiger partial charge in [-0.25, -0.2) is 4.79 Å². The summed E-state index contributed by atoms with van der Waals surface area (Å²) in [6, 6.07) is 9.34. The number of benzene rings is 1. The topological polar surface area (TPSA) is 79.5 Å². The van der Waals surface area contributed by atoms with Gasteiger partial charge in [0.15, 0.2) is 0 Å². The van der Waals surface area contributed by atoms with Crippen molar-refractivity contribution in [3.05, 3.63) is 53.0 Å². The van der Waals surface area contributed by atoms with Crippen LogP contribution in [0.4, 0.5) is 0 Å².